The summed E-state index contributed by atoms with van der Waals surface area (Å²) < 4.78 is 59.9. The number of alkyl halides is 3. The lowest BCUT2D eigenvalue weighted by Crippen LogP contribution is -2.51. The Bertz CT molecular complexity index is 434. The molecule has 0 bridgehead atoms. The first-order valence-corrected chi connectivity index (χ1v) is 9.01. The van der Waals surface area contributed by atoms with Crippen molar-refractivity contribution in [2.24, 2.45) is 0 Å². The lowest BCUT2D eigenvalue weighted by molar-refractivity contribution is -0.149. The van der Waals surface area contributed by atoms with Crippen LogP contribution in [0.5, 0.6) is 0 Å². The molecule has 9 heteroatoms. The van der Waals surface area contributed by atoms with E-state index in [0.29, 0.717) is 32.7 Å². The minimum Gasteiger partial charge on any atom is -0.312 e. The number of sulfone groups is 1. The fourth-order valence-corrected chi connectivity index (χ4v) is 4.31. The van der Waals surface area contributed by atoms with Crippen molar-refractivity contribution in [3.05, 3.63) is 0 Å². The quantitative estimate of drug-likeness (QED) is 0.783. The molecule has 0 spiro atoms. The summed E-state index contributed by atoms with van der Waals surface area (Å²) in [5.74, 6) is 0.362. The Kier molecular flexibility index (Phi) is 5.50. The first kappa shape index (κ1) is 17.0. The third-order valence-electron chi connectivity index (χ3n) is 3.96. The van der Waals surface area contributed by atoms with Gasteiger partial charge in [0.05, 0.1) is 18.1 Å². The van der Waals surface area contributed by atoms with Crippen molar-refractivity contribution < 1.29 is 21.6 Å². The molecule has 0 aromatic carbocycles. The first-order valence-electron chi connectivity index (χ1n) is 7.19. The van der Waals surface area contributed by atoms with Crippen LogP contribution in [0.15, 0.2) is 0 Å². The van der Waals surface area contributed by atoms with Gasteiger partial charge in [0.15, 0.2) is 9.84 Å². The molecule has 5 nitrogen and oxygen atoms in total. The molecule has 0 amide bonds. The third-order valence-corrected chi connectivity index (χ3v) is 5.70. The molecule has 2 fully saturated rings. The number of rotatable bonds is 4. The standard InChI is InChI=1S/C12H22F3N3O2S/c13-12(14,15)10-18-6-4-17(5-7-18)3-1-11-9-21(19,20)8-2-16-11/h11,16H,1-10H2. The van der Waals surface area contributed by atoms with Crippen molar-refractivity contribution in [1.82, 2.24) is 15.1 Å². The minimum absolute atomic E-state index is 0.0306. The topological polar surface area (TPSA) is 52.7 Å². The van der Waals surface area contributed by atoms with Gasteiger partial charge in [-0.1, -0.05) is 0 Å². The minimum atomic E-state index is -4.14. The average Bonchev–Trinajstić information content (AvgIpc) is 2.35. The van der Waals surface area contributed by atoms with Gasteiger partial charge < -0.3 is 10.2 Å². The van der Waals surface area contributed by atoms with Gasteiger partial charge in [-0.3, -0.25) is 4.90 Å². The Morgan fingerprint density at radius 2 is 1.71 bits per heavy atom. The van der Waals surface area contributed by atoms with Gasteiger partial charge in [-0.15, -0.1) is 0 Å². The van der Waals surface area contributed by atoms with Crippen LogP contribution < -0.4 is 5.32 Å². The zero-order valence-corrected chi connectivity index (χ0v) is 12.7. The zero-order valence-electron chi connectivity index (χ0n) is 11.9. The molecule has 2 saturated heterocycles. The first-order chi connectivity index (χ1) is 9.73. The molecule has 124 valence electrons. The Labute approximate surface area is 123 Å². The normalized spacial score (nSPS) is 28.6. The van der Waals surface area contributed by atoms with Crippen molar-refractivity contribution in [1.29, 1.82) is 0 Å². The van der Waals surface area contributed by atoms with Gasteiger partial charge in [0, 0.05) is 38.8 Å². The second kappa shape index (κ2) is 6.80. The molecule has 2 heterocycles. The molecule has 0 aliphatic carbocycles. The molecule has 0 aromatic rings. The molecule has 1 N–H and O–H groups in total. The number of halogens is 3. The molecule has 2 rings (SSSR count). The third kappa shape index (κ3) is 6.09. The Hall–Kier alpha value is -0.380. The largest absolute Gasteiger partial charge is 0.401 e. The van der Waals surface area contributed by atoms with Crippen LogP contribution in [0.2, 0.25) is 0 Å². The van der Waals surface area contributed by atoms with E-state index in [-0.39, 0.29) is 17.5 Å². The molecular weight excluding hydrogens is 307 g/mol. The molecule has 21 heavy (non-hydrogen) atoms. The van der Waals surface area contributed by atoms with E-state index < -0.39 is 22.6 Å². The van der Waals surface area contributed by atoms with Gasteiger partial charge in [0.1, 0.15) is 0 Å². The summed E-state index contributed by atoms with van der Waals surface area (Å²) >= 11 is 0. The van der Waals surface area contributed by atoms with E-state index in [1.54, 1.807) is 0 Å². The van der Waals surface area contributed by atoms with Gasteiger partial charge in [0.25, 0.3) is 0 Å². The van der Waals surface area contributed by atoms with E-state index in [0.717, 1.165) is 13.0 Å². The van der Waals surface area contributed by atoms with Gasteiger partial charge in [-0.2, -0.15) is 13.2 Å². The summed E-state index contributed by atoms with van der Waals surface area (Å²) in [5, 5.41) is 3.19. The smallest absolute Gasteiger partial charge is 0.312 e. The van der Waals surface area contributed by atoms with Crippen molar-refractivity contribution in [2.75, 3.05) is 57.3 Å². The predicted molar refractivity (Wildman–Crippen MR) is 74.0 cm³/mol. The average molecular weight is 329 g/mol. The molecule has 0 radical (unpaired) electrons. The van der Waals surface area contributed by atoms with Crippen LogP contribution in [0.4, 0.5) is 13.2 Å². The van der Waals surface area contributed by atoms with Crippen LogP contribution in [0.1, 0.15) is 6.42 Å². The van der Waals surface area contributed by atoms with Crippen molar-refractivity contribution in [3.63, 3.8) is 0 Å². The second-order valence-electron chi connectivity index (χ2n) is 5.79. The number of nitrogens with one attached hydrogen (secondary N) is 1. The van der Waals surface area contributed by atoms with Crippen LogP contribution in [-0.4, -0.2) is 87.8 Å². The number of nitrogens with zero attached hydrogens (tertiary/aromatic N) is 2. The highest BCUT2D eigenvalue weighted by Crippen LogP contribution is 2.17. The molecule has 1 atom stereocenters. The summed E-state index contributed by atoms with van der Waals surface area (Å²) in [6.45, 7) is 2.42. The van der Waals surface area contributed by atoms with Crippen LogP contribution in [0.3, 0.4) is 0 Å². The SMILES string of the molecule is O=S1(=O)CCNC(CCN2CCN(CC(F)(F)F)CC2)C1. The van der Waals surface area contributed by atoms with Crippen LogP contribution in [-0.2, 0) is 9.84 Å². The van der Waals surface area contributed by atoms with E-state index in [4.69, 9.17) is 0 Å². The summed E-state index contributed by atoms with van der Waals surface area (Å²) in [7, 11) is -2.93. The van der Waals surface area contributed by atoms with Gasteiger partial charge in [-0.05, 0) is 13.0 Å². The second-order valence-corrected chi connectivity index (χ2v) is 8.02. The lowest BCUT2D eigenvalue weighted by Gasteiger charge is -2.36. The Morgan fingerprint density at radius 1 is 1.10 bits per heavy atom. The number of piperazine rings is 1. The molecule has 0 saturated carbocycles. The fourth-order valence-electron chi connectivity index (χ4n) is 2.82. The van der Waals surface area contributed by atoms with E-state index in [9.17, 15) is 21.6 Å². The molecular formula is C12H22F3N3O2S. The van der Waals surface area contributed by atoms with Crippen LogP contribution in [0, 0.1) is 0 Å². The summed E-state index contributed by atoms with van der Waals surface area (Å²) in [6.07, 6.45) is -3.42. The van der Waals surface area contributed by atoms with Gasteiger partial charge >= 0.3 is 6.18 Å². The Morgan fingerprint density at radius 3 is 2.29 bits per heavy atom. The highest BCUT2D eigenvalue weighted by Gasteiger charge is 2.32. The summed E-state index contributed by atoms with van der Waals surface area (Å²) in [5.41, 5.74) is 0. The van der Waals surface area contributed by atoms with Crippen LogP contribution >= 0.6 is 0 Å². The van der Waals surface area contributed by atoms with Crippen molar-refractivity contribution in [3.8, 4) is 0 Å². The monoisotopic (exact) mass is 329 g/mol. The van der Waals surface area contributed by atoms with Gasteiger partial charge in [-0.25, -0.2) is 8.42 Å². The highest BCUT2D eigenvalue weighted by molar-refractivity contribution is 7.91. The maximum Gasteiger partial charge on any atom is 0.401 e. The highest BCUT2D eigenvalue weighted by atomic mass is 32.2. The van der Waals surface area contributed by atoms with E-state index in [1.165, 1.54) is 4.90 Å². The molecule has 2 aliphatic heterocycles. The molecule has 2 aliphatic rings. The Balaban J connectivity index is 1.67. The summed E-state index contributed by atoms with van der Waals surface area (Å²) in [4.78, 5) is 3.52. The van der Waals surface area contributed by atoms with E-state index in [1.807, 2.05) is 0 Å². The fraction of sp³-hybridized carbons (Fsp3) is 1.00. The maximum atomic E-state index is 12.3. The maximum absolute atomic E-state index is 12.3. The van der Waals surface area contributed by atoms with Gasteiger partial charge in [0.2, 0.25) is 0 Å². The summed E-state index contributed by atoms with van der Waals surface area (Å²) in [6, 6.07) is -0.0306. The predicted octanol–water partition coefficient (Wildman–Crippen LogP) is -0.0570. The lowest BCUT2D eigenvalue weighted by atomic mass is 10.2. The number of hydrogen-bond acceptors (Lipinski definition) is 5. The van der Waals surface area contributed by atoms with Crippen LogP contribution in [0.25, 0.3) is 0 Å². The van der Waals surface area contributed by atoms with Crippen molar-refractivity contribution in [2.45, 2.75) is 18.6 Å². The van der Waals surface area contributed by atoms with E-state index in [2.05, 4.69) is 10.2 Å². The zero-order chi connectivity index (χ0) is 15.5. The molecule has 0 aromatic heterocycles. The number of hydrogen-bond donors (Lipinski definition) is 1. The van der Waals surface area contributed by atoms with Crippen molar-refractivity contribution >= 4 is 9.84 Å². The molecule has 1 unspecified atom stereocenters. The van der Waals surface area contributed by atoms with E-state index >= 15 is 0 Å².